The molecule has 0 aliphatic carbocycles. The molecule has 0 bridgehead atoms. The van der Waals surface area contributed by atoms with Crippen molar-refractivity contribution in [2.75, 3.05) is 6.61 Å². The van der Waals surface area contributed by atoms with E-state index >= 15 is 0 Å². The van der Waals surface area contributed by atoms with Crippen LogP contribution in [-0.4, -0.2) is 22.7 Å². The zero-order chi connectivity index (χ0) is 15.1. The lowest BCUT2D eigenvalue weighted by Gasteiger charge is -2.07. The van der Waals surface area contributed by atoms with Gasteiger partial charge in [-0.2, -0.15) is 0 Å². The molecule has 2 rings (SSSR count). The molecule has 0 spiro atoms. The minimum absolute atomic E-state index is 0.0506. The van der Waals surface area contributed by atoms with Gasteiger partial charge in [0.1, 0.15) is 11.4 Å². The Kier molecular flexibility index (Phi) is 5.32. The third-order valence-corrected chi connectivity index (χ3v) is 3.19. The van der Waals surface area contributed by atoms with Crippen molar-refractivity contribution in [3.8, 4) is 16.9 Å². The Morgan fingerprint density at radius 2 is 1.81 bits per heavy atom. The Labute approximate surface area is 124 Å². The van der Waals surface area contributed by atoms with Crippen LogP contribution in [0.15, 0.2) is 42.6 Å². The molecule has 0 fully saturated rings. The van der Waals surface area contributed by atoms with E-state index in [0.717, 1.165) is 29.9 Å². The van der Waals surface area contributed by atoms with Crippen molar-refractivity contribution in [1.29, 1.82) is 0 Å². The Hall–Kier alpha value is -2.36. The molecule has 1 aromatic heterocycles. The van der Waals surface area contributed by atoms with E-state index in [-0.39, 0.29) is 5.69 Å². The molecule has 0 unspecified atom stereocenters. The SMILES string of the molecule is CCCCCOc1ccc(-c2ccc(C(=O)O)nc2)cc1. The van der Waals surface area contributed by atoms with Crippen LogP contribution < -0.4 is 4.74 Å². The van der Waals surface area contributed by atoms with E-state index in [4.69, 9.17) is 9.84 Å². The zero-order valence-electron chi connectivity index (χ0n) is 12.1. The molecular formula is C17H19NO3. The van der Waals surface area contributed by atoms with Gasteiger partial charge in [0.25, 0.3) is 0 Å². The predicted molar refractivity (Wildman–Crippen MR) is 81.7 cm³/mol. The quantitative estimate of drug-likeness (QED) is 0.781. The van der Waals surface area contributed by atoms with Gasteiger partial charge in [0, 0.05) is 11.8 Å². The van der Waals surface area contributed by atoms with Crippen molar-refractivity contribution in [2.45, 2.75) is 26.2 Å². The van der Waals surface area contributed by atoms with E-state index in [0.29, 0.717) is 0 Å². The van der Waals surface area contributed by atoms with Crippen molar-refractivity contribution in [3.05, 3.63) is 48.3 Å². The third-order valence-electron chi connectivity index (χ3n) is 3.19. The Bertz CT molecular complexity index is 576. The van der Waals surface area contributed by atoms with Crippen LogP contribution in [0.2, 0.25) is 0 Å². The maximum Gasteiger partial charge on any atom is 0.354 e. The average Bonchev–Trinajstić information content (AvgIpc) is 2.52. The van der Waals surface area contributed by atoms with E-state index in [2.05, 4.69) is 11.9 Å². The lowest BCUT2D eigenvalue weighted by molar-refractivity contribution is 0.0690. The maximum atomic E-state index is 10.8. The minimum Gasteiger partial charge on any atom is -0.494 e. The Morgan fingerprint density at radius 3 is 2.38 bits per heavy atom. The molecule has 0 atom stereocenters. The van der Waals surface area contributed by atoms with Gasteiger partial charge in [-0.25, -0.2) is 9.78 Å². The van der Waals surface area contributed by atoms with Crippen LogP contribution in [0.25, 0.3) is 11.1 Å². The van der Waals surface area contributed by atoms with Crippen LogP contribution in [0, 0.1) is 0 Å². The molecule has 1 N–H and O–H groups in total. The van der Waals surface area contributed by atoms with Crippen LogP contribution in [-0.2, 0) is 0 Å². The summed E-state index contributed by atoms with van der Waals surface area (Å²) in [6.07, 6.45) is 5.00. The number of hydrogen-bond donors (Lipinski definition) is 1. The third kappa shape index (κ3) is 4.31. The highest BCUT2D eigenvalue weighted by Crippen LogP contribution is 2.22. The predicted octanol–water partition coefficient (Wildman–Crippen LogP) is 4.02. The van der Waals surface area contributed by atoms with Gasteiger partial charge in [0.15, 0.2) is 0 Å². The summed E-state index contributed by atoms with van der Waals surface area (Å²) in [5.74, 6) is -0.164. The summed E-state index contributed by atoms with van der Waals surface area (Å²) in [6.45, 7) is 2.90. The standard InChI is InChI=1S/C17H19NO3/c1-2-3-4-11-21-15-8-5-13(6-9-15)14-7-10-16(17(19)20)18-12-14/h5-10,12H,2-4,11H2,1H3,(H,19,20). The number of benzene rings is 1. The number of carbonyl (C=O) groups is 1. The number of carboxylic acids is 1. The second kappa shape index (κ2) is 7.43. The summed E-state index contributed by atoms with van der Waals surface area (Å²) >= 11 is 0. The molecule has 1 heterocycles. The Morgan fingerprint density at radius 1 is 1.10 bits per heavy atom. The van der Waals surface area contributed by atoms with E-state index in [9.17, 15) is 4.79 Å². The fraction of sp³-hybridized carbons (Fsp3) is 0.294. The van der Waals surface area contributed by atoms with Gasteiger partial charge in [-0.05, 0) is 30.2 Å². The lowest BCUT2D eigenvalue weighted by atomic mass is 10.1. The number of unbranched alkanes of at least 4 members (excludes halogenated alkanes) is 2. The van der Waals surface area contributed by atoms with Gasteiger partial charge in [-0.1, -0.05) is 38.0 Å². The number of nitrogens with zero attached hydrogens (tertiary/aromatic N) is 1. The molecule has 4 heteroatoms. The van der Waals surface area contributed by atoms with E-state index in [1.807, 2.05) is 24.3 Å². The first-order valence-electron chi connectivity index (χ1n) is 7.13. The highest BCUT2D eigenvalue weighted by molar-refractivity contribution is 5.85. The highest BCUT2D eigenvalue weighted by Gasteiger charge is 2.05. The monoisotopic (exact) mass is 285 g/mol. The topological polar surface area (TPSA) is 59.4 Å². The van der Waals surface area contributed by atoms with Gasteiger partial charge < -0.3 is 9.84 Å². The van der Waals surface area contributed by atoms with Gasteiger partial charge >= 0.3 is 5.97 Å². The van der Waals surface area contributed by atoms with Crippen molar-refractivity contribution in [1.82, 2.24) is 4.98 Å². The first-order chi connectivity index (χ1) is 10.2. The molecule has 0 saturated heterocycles. The zero-order valence-corrected chi connectivity index (χ0v) is 12.1. The van der Waals surface area contributed by atoms with Gasteiger partial charge in [0.05, 0.1) is 6.61 Å². The fourth-order valence-corrected chi connectivity index (χ4v) is 1.98. The summed E-state index contributed by atoms with van der Waals surface area (Å²) in [5, 5.41) is 8.82. The fourth-order valence-electron chi connectivity index (χ4n) is 1.98. The summed E-state index contributed by atoms with van der Waals surface area (Å²) in [5.41, 5.74) is 1.92. The Balaban J connectivity index is 1.99. The van der Waals surface area contributed by atoms with Crippen LogP contribution in [0.1, 0.15) is 36.7 Å². The van der Waals surface area contributed by atoms with Crippen LogP contribution >= 0.6 is 0 Å². The van der Waals surface area contributed by atoms with Crippen molar-refractivity contribution < 1.29 is 14.6 Å². The van der Waals surface area contributed by atoms with Crippen molar-refractivity contribution in [2.24, 2.45) is 0 Å². The van der Waals surface area contributed by atoms with Crippen LogP contribution in [0.5, 0.6) is 5.75 Å². The van der Waals surface area contributed by atoms with Gasteiger partial charge in [-0.3, -0.25) is 0 Å². The first-order valence-corrected chi connectivity index (χ1v) is 7.13. The minimum atomic E-state index is -1.02. The molecular weight excluding hydrogens is 266 g/mol. The summed E-state index contributed by atoms with van der Waals surface area (Å²) in [4.78, 5) is 14.7. The number of aromatic carboxylic acids is 1. The molecule has 0 aliphatic heterocycles. The summed E-state index contributed by atoms with van der Waals surface area (Å²) in [7, 11) is 0. The number of rotatable bonds is 7. The number of pyridine rings is 1. The second-order valence-electron chi connectivity index (χ2n) is 4.82. The first kappa shape index (κ1) is 15.0. The normalized spacial score (nSPS) is 10.3. The van der Waals surface area contributed by atoms with E-state index in [1.165, 1.54) is 18.9 Å². The maximum absolute atomic E-state index is 10.8. The molecule has 110 valence electrons. The van der Waals surface area contributed by atoms with E-state index < -0.39 is 5.97 Å². The van der Waals surface area contributed by atoms with Crippen LogP contribution in [0.3, 0.4) is 0 Å². The summed E-state index contributed by atoms with van der Waals surface area (Å²) in [6, 6.07) is 11.0. The molecule has 0 radical (unpaired) electrons. The molecule has 4 nitrogen and oxygen atoms in total. The van der Waals surface area contributed by atoms with E-state index in [1.54, 1.807) is 12.3 Å². The summed E-state index contributed by atoms with van der Waals surface area (Å²) < 4.78 is 5.66. The van der Waals surface area contributed by atoms with Crippen molar-refractivity contribution in [3.63, 3.8) is 0 Å². The number of carboxylic acid groups (broad SMARTS) is 1. The second-order valence-corrected chi connectivity index (χ2v) is 4.82. The number of hydrogen-bond acceptors (Lipinski definition) is 3. The van der Waals surface area contributed by atoms with Gasteiger partial charge in [0.2, 0.25) is 0 Å². The van der Waals surface area contributed by atoms with Crippen LogP contribution in [0.4, 0.5) is 0 Å². The lowest BCUT2D eigenvalue weighted by Crippen LogP contribution is -1.99. The highest BCUT2D eigenvalue weighted by atomic mass is 16.5. The molecule has 1 aromatic carbocycles. The molecule has 0 aliphatic rings. The smallest absolute Gasteiger partial charge is 0.354 e. The number of ether oxygens (including phenoxy) is 1. The largest absolute Gasteiger partial charge is 0.494 e. The van der Waals surface area contributed by atoms with Gasteiger partial charge in [-0.15, -0.1) is 0 Å². The molecule has 0 saturated carbocycles. The average molecular weight is 285 g/mol. The molecule has 0 amide bonds. The molecule has 21 heavy (non-hydrogen) atoms. The van der Waals surface area contributed by atoms with Crippen molar-refractivity contribution >= 4 is 5.97 Å². The number of aromatic nitrogens is 1. The molecule has 2 aromatic rings.